The monoisotopic (exact) mass is 471 g/mol. The second kappa shape index (κ2) is 8.96. The van der Waals surface area contributed by atoms with E-state index in [-0.39, 0.29) is 27.3 Å². The van der Waals surface area contributed by atoms with E-state index in [1.807, 2.05) is 27.7 Å². The van der Waals surface area contributed by atoms with Crippen molar-refractivity contribution < 1.29 is 21.6 Å². The highest BCUT2D eigenvalue weighted by Crippen LogP contribution is 2.35. The first-order valence-electron chi connectivity index (χ1n) is 10.1. The lowest BCUT2D eigenvalue weighted by atomic mass is 10.0. The molecule has 1 heterocycles. The number of nitrogens with zero attached hydrogens (tertiary/aromatic N) is 1. The summed E-state index contributed by atoms with van der Waals surface area (Å²) in [5.41, 5.74) is 1.28. The number of carbonyl (C=O) groups excluding carboxylic acids is 1. The van der Waals surface area contributed by atoms with Gasteiger partial charge in [0.2, 0.25) is 19.7 Å². The smallest absolute Gasteiger partial charge is 0.225 e. The van der Waals surface area contributed by atoms with Crippen molar-refractivity contribution in [2.45, 2.75) is 59.2 Å². The molecular formula is C24H25NO5S2. The van der Waals surface area contributed by atoms with Crippen molar-refractivity contribution in [1.29, 1.82) is 0 Å². The highest BCUT2D eigenvalue weighted by Gasteiger charge is 2.33. The zero-order valence-electron chi connectivity index (χ0n) is 18.3. The molecule has 2 aromatic carbocycles. The van der Waals surface area contributed by atoms with E-state index < -0.39 is 29.5 Å². The molecule has 32 heavy (non-hydrogen) atoms. The molecule has 0 saturated heterocycles. The quantitative estimate of drug-likeness (QED) is 0.459. The second-order valence-corrected chi connectivity index (χ2v) is 11.9. The average Bonchev–Trinajstić information content (AvgIpc) is 2.78. The fraction of sp³-hybridized carbons (Fsp3) is 0.250. The molecule has 0 aliphatic heterocycles. The summed E-state index contributed by atoms with van der Waals surface area (Å²) in [5.74, 6) is 0.0659. The first-order valence-corrected chi connectivity index (χ1v) is 13.1. The Bertz CT molecular complexity index is 1340. The molecule has 3 rings (SSSR count). The summed E-state index contributed by atoms with van der Waals surface area (Å²) in [5, 5.41) is -0.288. The maximum absolute atomic E-state index is 13.6. The summed E-state index contributed by atoms with van der Waals surface area (Å²) in [6.45, 7) is 7.63. The zero-order chi connectivity index (χ0) is 23.7. The van der Waals surface area contributed by atoms with Crippen LogP contribution in [-0.4, -0.2) is 28.1 Å². The number of hydrogen-bond donors (Lipinski definition) is 0. The van der Waals surface area contributed by atoms with Gasteiger partial charge in [0.25, 0.3) is 0 Å². The van der Waals surface area contributed by atoms with Gasteiger partial charge in [-0.3, -0.25) is 4.79 Å². The van der Waals surface area contributed by atoms with Crippen LogP contribution in [0.4, 0.5) is 0 Å². The molecule has 0 fully saturated rings. The Morgan fingerprint density at radius 1 is 0.781 bits per heavy atom. The molecule has 0 radical (unpaired) electrons. The minimum Gasteiger partial charge on any atom is -0.298 e. The molecule has 0 unspecified atom stereocenters. The molecule has 3 aromatic rings. The maximum atomic E-state index is 13.6. The summed E-state index contributed by atoms with van der Waals surface area (Å²) in [6, 6.07) is 13.4. The molecule has 1 aromatic heterocycles. The molecule has 0 amide bonds. The summed E-state index contributed by atoms with van der Waals surface area (Å²) in [4.78, 5) is 14.8. The van der Waals surface area contributed by atoms with Crippen molar-refractivity contribution in [1.82, 2.24) is 4.98 Å². The average molecular weight is 472 g/mol. The molecule has 0 bridgehead atoms. The molecule has 0 aliphatic carbocycles. The van der Waals surface area contributed by atoms with E-state index >= 15 is 0 Å². The van der Waals surface area contributed by atoms with Crippen LogP contribution in [0.15, 0.2) is 80.5 Å². The summed E-state index contributed by atoms with van der Waals surface area (Å²) in [6.07, 6.45) is 1.71. The number of carbonyl (C=O) groups is 1. The van der Waals surface area contributed by atoms with Gasteiger partial charge in [0.1, 0.15) is 4.90 Å². The van der Waals surface area contributed by atoms with Gasteiger partial charge in [-0.1, -0.05) is 45.9 Å². The Kier molecular flexibility index (Phi) is 6.67. The van der Waals surface area contributed by atoms with Gasteiger partial charge < -0.3 is 0 Å². The second-order valence-electron chi connectivity index (χ2n) is 8.11. The van der Waals surface area contributed by atoms with Crippen LogP contribution in [0.2, 0.25) is 0 Å². The molecule has 0 saturated carbocycles. The van der Waals surface area contributed by atoms with Crippen LogP contribution >= 0.6 is 0 Å². The minimum absolute atomic E-state index is 0.0835. The number of sulfone groups is 2. The molecule has 0 spiro atoms. The molecule has 168 valence electrons. The molecule has 6 nitrogen and oxygen atoms in total. The van der Waals surface area contributed by atoms with E-state index in [4.69, 9.17) is 0 Å². The topological polar surface area (TPSA) is 98.2 Å². The summed E-state index contributed by atoms with van der Waals surface area (Å²) < 4.78 is 54.2. The zero-order valence-corrected chi connectivity index (χ0v) is 19.9. The van der Waals surface area contributed by atoms with Crippen LogP contribution in [-0.2, 0) is 19.7 Å². The molecule has 0 aliphatic rings. The highest BCUT2D eigenvalue weighted by molar-refractivity contribution is 7.94. The highest BCUT2D eigenvalue weighted by atomic mass is 32.2. The number of rotatable bonds is 7. The van der Waals surface area contributed by atoms with Crippen LogP contribution in [0.25, 0.3) is 0 Å². The van der Waals surface area contributed by atoms with Crippen molar-refractivity contribution in [2.75, 3.05) is 0 Å². The predicted molar refractivity (Wildman–Crippen MR) is 122 cm³/mol. The first-order chi connectivity index (χ1) is 15.0. The van der Waals surface area contributed by atoms with Crippen LogP contribution < -0.4 is 0 Å². The number of pyridine rings is 1. The van der Waals surface area contributed by atoms with Crippen molar-refractivity contribution in [2.24, 2.45) is 0 Å². The lowest BCUT2D eigenvalue weighted by molar-refractivity contribution is 0.112. The third-order valence-corrected chi connectivity index (χ3v) is 8.94. The van der Waals surface area contributed by atoms with Gasteiger partial charge in [-0.05, 0) is 59.4 Å². The fourth-order valence-corrected chi connectivity index (χ4v) is 6.79. The standard InChI is InChI=1S/C24H25NO5S2/c1-16(2)18-8-10-21(11-9-18)31(27,28)24-20(15-26)13-19(17(3)4)14-22(24)32(29,30)23-7-5-6-12-25-23/h5-17H,1-4H3. The lowest BCUT2D eigenvalue weighted by Crippen LogP contribution is -2.15. The van der Waals surface area contributed by atoms with E-state index in [1.54, 1.807) is 18.2 Å². The van der Waals surface area contributed by atoms with Gasteiger partial charge in [0, 0.05) is 11.8 Å². The van der Waals surface area contributed by atoms with E-state index in [9.17, 15) is 21.6 Å². The third-order valence-electron chi connectivity index (χ3n) is 5.23. The van der Waals surface area contributed by atoms with E-state index in [0.29, 0.717) is 11.8 Å². The Hall–Kier alpha value is -2.84. The van der Waals surface area contributed by atoms with Crippen LogP contribution in [0.3, 0.4) is 0 Å². The van der Waals surface area contributed by atoms with Crippen molar-refractivity contribution >= 4 is 26.0 Å². The van der Waals surface area contributed by atoms with Gasteiger partial charge in [-0.2, -0.15) is 0 Å². The van der Waals surface area contributed by atoms with Crippen LogP contribution in [0.5, 0.6) is 0 Å². The van der Waals surface area contributed by atoms with Crippen molar-refractivity contribution in [3.8, 4) is 0 Å². The minimum atomic E-state index is -4.33. The molecule has 8 heteroatoms. The SMILES string of the molecule is CC(C)c1ccc(S(=O)(=O)c2c(C=O)cc(C(C)C)cc2S(=O)(=O)c2ccccn2)cc1. The number of aldehydes is 1. The van der Waals surface area contributed by atoms with E-state index in [2.05, 4.69) is 4.98 Å². The van der Waals surface area contributed by atoms with Crippen LogP contribution in [0.1, 0.15) is 61.0 Å². The van der Waals surface area contributed by atoms with Gasteiger partial charge >= 0.3 is 0 Å². The number of benzene rings is 2. The number of hydrogen-bond acceptors (Lipinski definition) is 6. The molecule has 0 N–H and O–H groups in total. The summed E-state index contributed by atoms with van der Waals surface area (Å²) in [7, 11) is -8.65. The lowest BCUT2D eigenvalue weighted by Gasteiger charge is -2.17. The van der Waals surface area contributed by atoms with Gasteiger partial charge in [-0.25, -0.2) is 21.8 Å². The maximum Gasteiger partial charge on any atom is 0.225 e. The van der Waals surface area contributed by atoms with E-state index in [0.717, 1.165) is 5.56 Å². The van der Waals surface area contributed by atoms with Crippen molar-refractivity contribution in [3.05, 3.63) is 77.5 Å². The largest absolute Gasteiger partial charge is 0.298 e. The first kappa shape index (κ1) is 23.8. The van der Waals surface area contributed by atoms with Gasteiger partial charge in [0.05, 0.1) is 9.79 Å². The number of aromatic nitrogens is 1. The van der Waals surface area contributed by atoms with Gasteiger partial charge in [-0.15, -0.1) is 0 Å². The fourth-order valence-electron chi connectivity index (χ4n) is 3.32. The Morgan fingerprint density at radius 2 is 1.41 bits per heavy atom. The Labute approximate surface area is 189 Å². The van der Waals surface area contributed by atoms with Crippen LogP contribution in [0, 0.1) is 0 Å². The normalized spacial score (nSPS) is 12.3. The van der Waals surface area contributed by atoms with Crippen molar-refractivity contribution in [3.63, 3.8) is 0 Å². The Balaban J connectivity index is 2.37. The Morgan fingerprint density at radius 3 is 1.91 bits per heavy atom. The van der Waals surface area contributed by atoms with E-state index in [1.165, 1.54) is 42.6 Å². The predicted octanol–water partition coefficient (Wildman–Crippen LogP) is 4.81. The molecule has 0 atom stereocenters. The van der Waals surface area contributed by atoms with Gasteiger partial charge in [0.15, 0.2) is 11.3 Å². The molecular weight excluding hydrogens is 446 g/mol. The summed E-state index contributed by atoms with van der Waals surface area (Å²) >= 11 is 0. The third kappa shape index (κ3) is 4.38.